The average Bonchev–Trinajstić information content (AvgIpc) is 2.72. The van der Waals surface area contributed by atoms with Crippen LogP contribution < -0.4 is 10.6 Å². The zero-order valence-corrected chi connectivity index (χ0v) is 11.0. The van der Waals surface area contributed by atoms with Crippen LogP contribution >= 0.6 is 0 Å². The summed E-state index contributed by atoms with van der Waals surface area (Å²) >= 11 is 0. The van der Waals surface area contributed by atoms with Gasteiger partial charge in [-0.05, 0) is 31.2 Å². The van der Waals surface area contributed by atoms with Crippen LogP contribution in [0.25, 0.3) is 0 Å². The molecule has 0 aliphatic carbocycles. The fraction of sp³-hybridized carbons (Fsp3) is 0.308. The van der Waals surface area contributed by atoms with Gasteiger partial charge in [-0.2, -0.15) is 13.2 Å². The van der Waals surface area contributed by atoms with Gasteiger partial charge in [-0.15, -0.1) is 0 Å². The predicted molar refractivity (Wildman–Crippen MR) is 69.2 cm³/mol. The summed E-state index contributed by atoms with van der Waals surface area (Å²) in [6, 6.07) is 5.33. The van der Waals surface area contributed by atoms with Gasteiger partial charge >= 0.3 is 6.18 Å². The van der Waals surface area contributed by atoms with Crippen LogP contribution in [-0.4, -0.2) is 12.0 Å². The number of alkyl halides is 3. The average molecular weight is 285 g/mol. The maximum atomic E-state index is 12.7. The van der Waals surface area contributed by atoms with Gasteiger partial charge in [-0.1, -0.05) is 0 Å². The van der Waals surface area contributed by atoms with Gasteiger partial charge in [0, 0.05) is 7.05 Å². The summed E-state index contributed by atoms with van der Waals surface area (Å²) in [6.07, 6.45) is -4.45. The van der Waals surface area contributed by atoms with E-state index in [0.717, 1.165) is 17.9 Å². The predicted octanol–water partition coefficient (Wildman–Crippen LogP) is 3.22. The quantitative estimate of drug-likeness (QED) is 0.940. The lowest BCUT2D eigenvalue weighted by atomic mass is 10.2. The molecule has 0 aliphatic heterocycles. The maximum absolute atomic E-state index is 12.7. The highest BCUT2D eigenvalue weighted by atomic mass is 19.4. The lowest BCUT2D eigenvalue weighted by Crippen LogP contribution is -2.19. The van der Waals surface area contributed by atoms with Crippen molar-refractivity contribution in [2.24, 2.45) is 0 Å². The van der Waals surface area contributed by atoms with E-state index in [0.29, 0.717) is 12.3 Å². The number of rotatable bonds is 3. The van der Waals surface area contributed by atoms with Gasteiger partial charge in [0.1, 0.15) is 23.2 Å². The van der Waals surface area contributed by atoms with E-state index in [1.165, 1.54) is 0 Å². The minimum absolute atomic E-state index is 0.145. The third kappa shape index (κ3) is 3.23. The zero-order chi connectivity index (χ0) is 14.9. The van der Waals surface area contributed by atoms with Crippen molar-refractivity contribution < 1.29 is 17.6 Å². The van der Waals surface area contributed by atoms with Crippen LogP contribution in [0.1, 0.15) is 17.1 Å². The summed E-state index contributed by atoms with van der Waals surface area (Å²) in [5, 5.41) is 0. The number of nitrogens with zero attached hydrogens (tertiary/aromatic N) is 2. The number of nitrogen functional groups attached to an aromatic ring is 1. The van der Waals surface area contributed by atoms with E-state index in [-0.39, 0.29) is 11.6 Å². The van der Waals surface area contributed by atoms with Crippen LogP contribution in [0.5, 0.6) is 0 Å². The molecule has 0 unspecified atom stereocenters. The molecule has 2 aromatic heterocycles. The van der Waals surface area contributed by atoms with Crippen LogP contribution in [0.3, 0.4) is 0 Å². The molecule has 0 aliphatic rings. The summed E-state index contributed by atoms with van der Waals surface area (Å²) in [5.74, 6) is 1.36. The molecule has 0 aromatic carbocycles. The number of pyridine rings is 1. The Morgan fingerprint density at radius 2 is 2.00 bits per heavy atom. The van der Waals surface area contributed by atoms with Crippen molar-refractivity contribution in [2.75, 3.05) is 17.7 Å². The maximum Gasteiger partial charge on any atom is 0.416 e. The van der Waals surface area contributed by atoms with Crippen molar-refractivity contribution in [3.63, 3.8) is 0 Å². The summed E-state index contributed by atoms with van der Waals surface area (Å²) in [7, 11) is 1.62. The number of aromatic nitrogens is 1. The molecule has 0 amide bonds. The number of aryl methyl sites for hydroxylation is 1. The normalized spacial score (nSPS) is 11.7. The van der Waals surface area contributed by atoms with E-state index < -0.39 is 11.7 Å². The van der Waals surface area contributed by atoms with E-state index in [1.54, 1.807) is 31.0 Å². The minimum Gasteiger partial charge on any atom is -0.464 e. The summed E-state index contributed by atoms with van der Waals surface area (Å²) in [6.45, 7) is 2.10. The molecule has 0 fully saturated rings. The summed E-state index contributed by atoms with van der Waals surface area (Å²) < 4.78 is 43.5. The molecular weight excluding hydrogens is 271 g/mol. The van der Waals surface area contributed by atoms with Crippen molar-refractivity contribution >= 4 is 11.6 Å². The van der Waals surface area contributed by atoms with E-state index >= 15 is 0 Å². The van der Waals surface area contributed by atoms with E-state index in [2.05, 4.69) is 4.98 Å². The topological polar surface area (TPSA) is 55.3 Å². The molecule has 0 saturated heterocycles. The van der Waals surface area contributed by atoms with Crippen LogP contribution in [-0.2, 0) is 12.7 Å². The lowest BCUT2D eigenvalue weighted by Gasteiger charge is -2.18. The highest BCUT2D eigenvalue weighted by Crippen LogP contribution is 2.32. The van der Waals surface area contributed by atoms with Gasteiger partial charge in [0.25, 0.3) is 0 Å². The van der Waals surface area contributed by atoms with Crippen LogP contribution in [0, 0.1) is 6.92 Å². The number of hydrogen-bond donors (Lipinski definition) is 1. The fourth-order valence-electron chi connectivity index (χ4n) is 1.78. The first-order valence-corrected chi connectivity index (χ1v) is 5.87. The zero-order valence-electron chi connectivity index (χ0n) is 11.0. The van der Waals surface area contributed by atoms with Gasteiger partial charge in [-0.25, -0.2) is 4.98 Å². The van der Waals surface area contributed by atoms with Crippen LogP contribution in [0.15, 0.2) is 28.7 Å². The van der Waals surface area contributed by atoms with Crippen molar-refractivity contribution in [3.8, 4) is 0 Å². The third-order valence-corrected chi connectivity index (χ3v) is 2.74. The SMILES string of the molecule is Cc1ccc(CN(C)c2cc(C(F)(F)F)cc(N)n2)o1. The Labute approximate surface area is 114 Å². The molecule has 108 valence electrons. The molecule has 0 atom stereocenters. The molecule has 2 N–H and O–H groups in total. The van der Waals surface area contributed by atoms with Crippen molar-refractivity contribution in [2.45, 2.75) is 19.6 Å². The van der Waals surface area contributed by atoms with Gasteiger partial charge < -0.3 is 15.1 Å². The second-order valence-corrected chi connectivity index (χ2v) is 4.51. The summed E-state index contributed by atoms with van der Waals surface area (Å²) in [4.78, 5) is 5.46. The molecule has 2 aromatic rings. The van der Waals surface area contributed by atoms with Gasteiger partial charge in [0.05, 0.1) is 12.1 Å². The summed E-state index contributed by atoms with van der Waals surface area (Å²) in [5.41, 5.74) is 4.61. The number of furan rings is 1. The van der Waals surface area contributed by atoms with E-state index in [4.69, 9.17) is 10.2 Å². The molecule has 4 nitrogen and oxygen atoms in total. The first kappa shape index (κ1) is 14.2. The molecule has 0 bridgehead atoms. The van der Waals surface area contributed by atoms with Gasteiger partial charge in [-0.3, -0.25) is 0 Å². The molecule has 2 heterocycles. The number of nitrogens with two attached hydrogens (primary N) is 1. The Bertz CT molecular complexity index is 607. The highest BCUT2D eigenvalue weighted by molar-refractivity contribution is 5.49. The molecular formula is C13H14F3N3O. The second-order valence-electron chi connectivity index (χ2n) is 4.51. The third-order valence-electron chi connectivity index (χ3n) is 2.74. The van der Waals surface area contributed by atoms with Gasteiger partial charge in [0.15, 0.2) is 0 Å². The molecule has 7 heteroatoms. The molecule has 0 saturated carbocycles. The largest absolute Gasteiger partial charge is 0.464 e. The van der Waals surface area contributed by atoms with E-state index in [9.17, 15) is 13.2 Å². The number of hydrogen-bond acceptors (Lipinski definition) is 4. The Morgan fingerprint density at radius 1 is 1.30 bits per heavy atom. The molecule has 0 radical (unpaired) electrons. The monoisotopic (exact) mass is 285 g/mol. The van der Waals surface area contributed by atoms with Crippen molar-refractivity contribution in [1.82, 2.24) is 4.98 Å². The Balaban J connectivity index is 2.25. The molecule has 0 spiro atoms. The molecule has 20 heavy (non-hydrogen) atoms. The second kappa shape index (κ2) is 5.07. The van der Waals surface area contributed by atoms with Crippen LogP contribution in [0.4, 0.5) is 24.8 Å². The van der Waals surface area contributed by atoms with Gasteiger partial charge in [0.2, 0.25) is 0 Å². The first-order valence-electron chi connectivity index (χ1n) is 5.87. The van der Waals surface area contributed by atoms with E-state index in [1.807, 2.05) is 0 Å². The number of anilines is 2. The Kier molecular flexibility index (Phi) is 3.61. The Morgan fingerprint density at radius 3 is 2.55 bits per heavy atom. The smallest absolute Gasteiger partial charge is 0.416 e. The minimum atomic E-state index is -4.45. The van der Waals surface area contributed by atoms with Crippen LogP contribution in [0.2, 0.25) is 0 Å². The first-order chi connectivity index (χ1) is 9.25. The fourth-order valence-corrected chi connectivity index (χ4v) is 1.78. The number of halogens is 3. The highest BCUT2D eigenvalue weighted by Gasteiger charge is 2.31. The standard InChI is InChI=1S/C13H14F3N3O/c1-8-3-4-10(20-8)7-19(2)12-6-9(13(14,15)16)5-11(17)18-12/h3-6H,7H2,1-2H3,(H2,17,18). The lowest BCUT2D eigenvalue weighted by molar-refractivity contribution is -0.137. The van der Waals surface area contributed by atoms with Crippen molar-refractivity contribution in [1.29, 1.82) is 0 Å². The Hall–Kier alpha value is -2.18. The molecule has 2 rings (SSSR count). The van der Waals surface area contributed by atoms with Crippen molar-refractivity contribution in [3.05, 3.63) is 41.3 Å².